The molecule has 2 saturated carbocycles. The SMILES string of the molecule is NC1(C(=O)C2CC2c2ccccc2)CCC1. The van der Waals surface area contributed by atoms with E-state index in [2.05, 4.69) is 12.1 Å². The molecule has 2 unspecified atom stereocenters. The van der Waals surface area contributed by atoms with Crippen LogP contribution >= 0.6 is 0 Å². The van der Waals surface area contributed by atoms with E-state index >= 15 is 0 Å². The third kappa shape index (κ3) is 1.49. The summed E-state index contributed by atoms with van der Waals surface area (Å²) in [4.78, 5) is 12.2. The summed E-state index contributed by atoms with van der Waals surface area (Å²) >= 11 is 0. The fourth-order valence-electron chi connectivity index (χ4n) is 2.73. The van der Waals surface area contributed by atoms with Crippen LogP contribution in [0.1, 0.15) is 37.2 Å². The Bertz CT molecular complexity index is 408. The van der Waals surface area contributed by atoms with Crippen LogP contribution in [0.2, 0.25) is 0 Å². The van der Waals surface area contributed by atoms with Gasteiger partial charge in [-0.05, 0) is 37.2 Å². The van der Waals surface area contributed by atoms with Gasteiger partial charge in [0.15, 0.2) is 5.78 Å². The Morgan fingerprint density at radius 3 is 2.50 bits per heavy atom. The average Bonchev–Trinajstić information content (AvgIpc) is 3.06. The largest absolute Gasteiger partial charge is 0.319 e. The van der Waals surface area contributed by atoms with Crippen molar-refractivity contribution in [1.82, 2.24) is 0 Å². The Balaban J connectivity index is 1.70. The monoisotopic (exact) mass is 215 g/mol. The standard InChI is InChI=1S/C14H17NO/c15-14(7-4-8-14)13(16)12-9-11(12)10-5-2-1-3-6-10/h1-3,5-6,11-12H,4,7-9,15H2. The number of benzene rings is 1. The fraction of sp³-hybridized carbons (Fsp3) is 0.500. The molecule has 3 rings (SSSR count). The molecule has 0 spiro atoms. The minimum Gasteiger partial charge on any atom is -0.319 e. The molecule has 0 heterocycles. The van der Waals surface area contributed by atoms with E-state index in [-0.39, 0.29) is 5.92 Å². The van der Waals surface area contributed by atoms with Crippen LogP contribution < -0.4 is 5.73 Å². The lowest BCUT2D eigenvalue weighted by atomic mass is 9.73. The maximum Gasteiger partial charge on any atom is 0.156 e. The highest BCUT2D eigenvalue weighted by atomic mass is 16.1. The first-order valence-corrected chi connectivity index (χ1v) is 6.09. The molecular weight excluding hydrogens is 198 g/mol. The second-order valence-electron chi connectivity index (χ2n) is 5.23. The molecule has 0 aliphatic heterocycles. The minimum absolute atomic E-state index is 0.202. The molecule has 0 bridgehead atoms. The molecule has 2 nitrogen and oxygen atoms in total. The number of nitrogens with two attached hydrogens (primary N) is 1. The zero-order valence-electron chi connectivity index (χ0n) is 9.36. The number of rotatable bonds is 3. The number of Topliss-reactive ketones (excluding diaryl/α,β-unsaturated/α-hetero) is 1. The van der Waals surface area contributed by atoms with Gasteiger partial charge in [-0.1, -0.05) is 30.3 Å². The third-order valence-electron chi connectivity index (χ3n) is 4.09. The van der Waals surface area contributed by atoms with Crippen molar-refractivity contribution in [3.63, 3.8) is 0 Å². The van der Waals surface area contributed by atoms with Crippen molar-refractivity contribution in [3.8, 4) is 0 Å². The zero-order chi connectivity index (χ0) is 11.2. The molecule has 2 N–H and O–H groups in total. The van der Waals surface area contributed by atoms with Gasteiger partial charge in [-0.3, -0.25) is 4.79 Å². The summed E-state index contributed by atoms with van der Waals surface area (Å²) < 4.78 is 0. The van der Waals surface area contributed by atoms with Crippen LogP contribution in [0.5, 0.6) is 0 Å². The predicted octanol–water partition coefficient (Wildman–Crippen LogP) is 2.24. The zero-order valence-corrected chi connectivity index (χ0v) is 9.36. The Morgan fingerprint density at radius 2 is 1.94 bits per heavy atom. The number of hydrogen-bond acceptors (Lipinski definition) is 2. The molecule has 2 aliphatic carbocycles. The van der Waals surface area contributed by atoms with Crippen LogP contribution in [0.3, 0.4) is 0 Å². The Kier molecular flexibility index (Phi) is 2.15. The van der Waals surface area contributed by atoms with Crippen molar-refractivity contribution in [1.29, 1.82) is 0 Å². The molecule has 2 atom stereocenters. The van der Waals surface area contributed by atoms with E-state index in [1.54, 1.807) is 0 Å². The highest BCUT2D eigenvalue weighted by Gasteiger charge is 2.52. The molecule has 0 amide bonds. The van der Waals surface area contributed by atoms with Gasteiger partial charge in [0.05, 0.1) is 5.54 Å². The van der Waals surface area contributed by atoms with Crippen LogP contribution in [-0.2, 0) is 4.79 Å². The second-order valence-corrected chi connectivity index (χ2v) is 5.23. The Morgan fingerprint density at radius 1 is 1.25 bits per heavy atom. The number of ketones is 1. The van der Waals surface area contributed by atoms with Crippen molar-refractivity contribution in [2.24, 2.45) is 11.7 Å². The smallest absolute Gasteiger partial charge is 0.156 e. The van der Waals surface area contributed by atoms with Gasteiger partial charge >= 0.3 is 0 Å². The molecule has 1 aromatic rings. The Labute approximate surface area is 95.8 Å². The van der Waals surface area contributed by atoms with Crippen molar-refractivity contribution in [2.75, 3.05) is 0 Å². The van der Waals surface area contributed by atoms with Crippen LogP contribution in [0.25, 0.3) is 0 Å². The van der Waals surface area contributed by atoms with Gasteiger partial charge < -0.3 is 5.73 Å². The molecule has 0 radical (unpaired) electrons. The van der Waals surface area contributed by atoms with Crippen LogP contribution in [-0.4, -0.2) is 11.3 Å². The summed E-state index contributed by atoms with van der Waals surface area (Å²) in [5.74, 6) is 0.954. The maximum absolute atomic E-state index is 12.2. The number of carbonyl (C=O) groups excluding carboxylic acids is 1. The van der Waals surface area contributed by atoms with Gasteiger partial charge in [-0.2, -0.15) is 0 Å². The van der Waals surface area contributed by atoms with E-state index in [0.717, 1.165) is 25.7 Å². The van der Waals surface area contributed by atoms with Gasteiger partial charge in [0.1, 0.15) is 0 Å². The summed E-state index contributed by atoms with van der Waals surface area (Å²) in [6, 6.07) is 10.3. The molecule has 2 heteroatoms. The van der Waals surface area contributed by atoms with Crippen molar-refractivity contribution in [3.05, 3.63) is 35.9 Å². The quantitative estimate of drug-likeness (QED) is 0.840. The van der Waals surface area contributed by atoms with Gasteiger partial charge in [0.2, 0.25) is 0 Å². The molecule has 0 aromatic heterocycles. The highest BCUT2D eigenvalue weighted by Crippen LogP contribution is 2.51. The molecular formula is C14H17NO. The first kappa shape index (κ1) is 10.0. The van der Waals surface area contributed by atoms with Gasteiger partial charge in [-0.15, -0.1) is 0 Å². The molecule has 2 aliphatic rings. The number of carbonyl (C=O) groups is 1. The first-order chi connectivity index (χ1) is 7.71. The van der Waals surface area contributed by atoms with Crippen LogP contribution in [0.15, 0.2) is 30.3 Å². The fourth-order valence-corrected chi connectivity index (χ4v) is 2.73. The van der Waals surface area contributed by atoms with E-state index in [1.165, 1.54) is 5.56 Å². The molecule has 84 valence electrons. The van der Waals surface area contributed by atoms with E-state index < -0.39 is 5.54 Å². The normalized spacial score (nSPS) is 30.6. The third-order valence-corrected chi connectivity index (χ3v) is 4.09. The van der Waals surface area contributed by atoms with Gasteiger partial charge in [-0.25, -0.2) is 0 Å². The van der Waals surface area contributed by atoms with Gasteiger partial charge in [0.25, 0.3) is 0 Å². The highest BCUT2D eigenvalue weighted by molar-refractivity contribution is 5.94. The van der Waals surface area contributed by atoms with Crippen molar-refractivity contribution in [2.45, 2.75) is 37.1 Å². The summed E-state index contributed by atoms with van der Waals surface area (Å²) in [5.41, 5.74) is 6.91. The van der Waals surface area contributed by atoms with Crippen molar-refractivity contribution >= 4 is 5.78 Å². The molecule has 0 saturated heterocycles. The lowest BCUT2D eigenvalue weighted by molar-refractivity contribution is -0.128. The number of hydrogen-bond donors (Lipinski definition) is 1. The van der Waals surface area contributed by atoms with E-state index in [4.69, 9.17) is 5.73 Å². The Hall–Kier alpha value is -1.15. The summed E-state index contributed by atoms with van der Waals surface area (Å²) in [6.07, 6.45) is 3.90. The average molecular weight is 215 g/mol. The molecule has 2 fully saturated rings. The topological polar surface area (TPSA) is 43.1 Å². The van der Waals surface area contributed by atoms with Crippen LogP contribution in [0, 0.1) is 5.92 Å². The minimum atomic E-state index is -0.464. The lowest BCUT2D eigenvalue weighted by Crippen LogP contribution is -2.54. The lowest BCUT2D eigenvalue weighted by Gasteiger charge is -2.36. The second kappa shape index (κ2) is 3.42. The molecule has 16 heavy (non-hydrogen) atoms. The van der Waals surface area contributed by atoms with E-state index in [9.17, 15) is 4.79 Å². The maximum atomic E-state index is 12.2. The first-order valence-electron chi connectivity index (χ1n) is 6.09. The summed E-state index contributed by atoms with van der Waals surface area (Å²) in [7, 11) is 0. The summed E-state index contributed by atoms with van der Waals surface area (Å²) in [6.45, 7) is 0. The molecule has 1 aromatic carbocycles. The predicted molar refractivity (Wildman–Crippen MR) is 63.1 cm³/mol. The van der Waals surface area contributed by atoms with Crippen molar-refractivity contribution < 1.29 is 4.79 Å². The summed E-state index contributed by atoms with van der Waals surface area (Å²) in [5, 5.41) is 0. The van der Waals surface area contributed by atoms with E-state index in [1.807, 2.05) is 18.2 Å². The van der Waals surface area contributed by atoms with E-state index in [0.29, 0.717) is 11.7 Å². The van der Waals surface area contributed by atoms with Crippen LogP contribution in [0.4, 0.5) is 0 Å². The van der Waals surface area contributed by atoms with Gasteiger partial charge in [0, 0.05) is 5.92 Å².